The van der Waals surface area contributed by atoms with Gasteiger partial charge in [-0.2, -0.15) is 0 Å². The molecule has 6 heteroatoms. The fourth-order valence-corrected chi connectivity index (χ4v) is 3.08. The van der Waals surface area contributed by atoms with Crippen LogP contribution >= 0.6 is 0 Å². The highest BCUT2D eigenvalue weighted by molar-refractivity contribution is 5.81. The molecule has 0 unspecified atom stereocenters. The number of amides is 2. The summed E-state index contributed by atoms with van der Waals surface area (Å²) in [6, 6.07) is 7.90. The second-order valence-corrected chi connectivity index (χ2v) is 5.84. The summed E-state index contributed by atoms with van der Waals surface area (Å²) in [6.07, 6.45) is 0.792. The van der Waals surface area contributed by atoms with Crippen LogP contribution in [0.2, 0.25) is 0 Å². The molecule has 0 bridgehead atoms. The Kier molecular flexibility index (Phi) is 4.32. The number of carbonyl (C=O) groups excluding carboxylic acids is 2. The predicted octanol–water partition coefficient (Wildman–Crippen LogP) is 1.29. The quantitative estimate of drug-likeness (QED) is 0.858. The van der Waals surface area contributed by atoms with Gasteiger partial charge in [-0.1, -0.05) is 19.1 Å². The van der Waals surface area contributed by atoms with E-state index in [2.05, 4.69) is 4.98 Å². The Morgan fingerprint density at radius 3 is 2.39 bits per heavy atom. The Hall–Kier alpha value is -2.37. The minimum atomic E-state index is 0.0750. The lowest BCUT2D eigenvalue weighted by atomic mass is 10.3. The Labute approximate surface area is 135 Å². The number of piperazine rings is 1. The van der Waals surface area contributed by atoms with E-state index in [-0.39, 0.29) is 11.8 Å². The number of aromatic nitrogens is 2. The van der Waals surface area contributed by atoms with Gasteiger partial charge in [0.05, 0.1) is 11.0 Å². The summed E-state index contributed by atoms with van der Waals surface area (Å²) in [5.74, 6) is 1.10. The van der Waals surface area contributed by atoms with Gasteiger partial charge in [0, 0.05) is 39.5 Å². The molecule has 6 nitrogen and oxygen atoms in total. The van der Waals surface area contributed by atoms with Gasteiger partial charge in [0.25, 0.3) is 0 Å². The van der Waals surface area contributed by atoms with Gasteiger partial charge in [-0.25, -0.2) is 4.98 Å². The molecule has 1 aromatic carbocycles. The minimum absolute atomic E-state index is 0.0750. The van der Waals surface area contributed by atoms with Gasteiger partial charge < -0.3 is 14.4 Å². The molecule has 2 amide bonds. The third-order valence-corrected chi connectivity index (χ3v) is 4.42. The molecule has 3 rings (SSSR count). The summed E-state index contributed by atoms with van der Waals surface area (Å²) in [7, 11) is 0. The molecule has 1 fully saturated rings. The molecule has 1 saturated heterocycles. The van der Waals surface area contributed by atoms with Crippen LogP contribution in [-0.2, 0) is 22.6 Å². The van der Waals surface area contributed by atoms with Gasteiger partial charge in [0.1, 0.15) is 12.4 Å². The highest BCUT2D eigenvalue weighted by atomic mass is 16.2. The summed E-state index contributed by atoms with van der Waals surface area (Å²) in [5.41, 5.74) is 1.93. The molecule has 1 aliphatic rings. The van der Waals surface area contributed by atoms with E-state index in [0.717, 1.165) is 23.3 Å². The Morgan fingerprint density at radius 1 is 1.09 bits per heavy atom. The molecule has 0 radical (unpaired) electrons. The minimum Gasteiger partial charge on any atom is -0.339 e. The maximum Gasteiger partial charge on any atom is 0.242 e. The predicted molar refractivity (Wildman–Crippen MR) is 87.9 cm³/mol. The van der Waals surface area contributed by atoms with E-state index < -0.39 is 0 Å². The van der Waals surface area contributed by atoms with Crippen LogP contribution in [0.15, 0.2) is 24.3 Å². The zero-order valence-corrected chi connectivity index (χ0v) is 13.7. The van der Waals surface area contributed by atoms with Crippen molar-refractivity contribution in [3.63, 3.8) is 0 Å². The topological polar surface area (TPSA) is 58.4 Å². The highest BCUT2D eigenvalue weighted by Gasteiger charge is 2.23. The highest BCUT2D eigenvalue weighted by Crippen LogP contribution is 2.17. The molecular formula is C17H22N4O2. The summed E-state index contributed by atoms with van der Waals surface area (Å²) >= 11 is 0. The Bertz CT molecular complexity index is 729. The first-order chi connectivity index (χ1) is 11.1. The number of hydrogen-bond acceptors (Lipinski definition) is 3. The lowest BCUT2D eigenvalue weighted by molar-refractivity contribution is -0.138. The van der Waals surface area contributed by atoms with Crippen LogP contribution in [0.3, 0.4) is 0 Å². The number of benzene rings is 1. The van der Waals surface area contributed by atoms with Crippen LogP contribution in [0.1, 0.15) is 19.7 Å². The van der Waals surface area contributed by atoms with Crippen molar-refractivity contribution in [3.05, 3.63) is 30.1 Å². The molecule has 1 aromatic heterocycles. The molecule has 0 N–H and O–H groups in total. The lowest BCUT2D eigenvalue weighted by Crippen LogP contribution is -2.50. The third-order valence-electron chi connectivity index (χ3n) is 4.42. The van der Waals surface area contributed by atoms with Gasteiger partial charge in [-0.05, 0) is 12.1 Å². The fraction of sp³-hybridized carbons (Fsp3) is 0.471. The first-order valence-electron chi connectivity index (χ1n) is 8.07. The number of aryl methyl sites for hydroxylation is 1. The second kappa shape index (κ2) is 6.40. The van der Waals surface area contributed by atoms with E-state index >= 15 is 0 Å². The number of nitrogens with zero attached hydrogens (tertiary/aromatic N) is 4. The van der Waals surface area contributed by atoms with Gasteiger partial charge in [-0.15, -0.1) is 0 Å². The number of imidazole rings is 1. The van der Waals surface area contributed by atoms with Crippen LogP contribution in [0.25, 0.3) is 11.0 Å². The normalized spacial score (nSPS) is 15.2. The van der Waals surface area contributed by atoms with Crippen LogP contribution in [0.4, 0.5) is 0 Å². The van der Waals surface area contributed by atoms with E-state index in [1.807, 2.05) is 40.7 Å². The molecule has 0 atom stereocenters. The molecule has 0 spiro atoms. The summed E-state index contributed by atoms with van der Waals surface area (Å²) in [4.78, 5) is 32.2. The van der Waals surface area contributed by atoms with Gasteiger partial charge in [0.15, 0.2) is 0 Å². The van der Waals surface area contributed by atoms with Crippen LogP contribution in [0, 0.1) is 0 Å². The van der Waals surface area contributed by atoms with E-state index in [1.54, 1.807) is 11.8 Å². The summed E-state index contributed by atoms with van der Waals surface area (Å²) in [5, 5.41) is 0. The zero-order valence-electron chi connectivity index (χ0n) is 13.7. The van der Waals surface area contributed by atoms with Crippen molar-refractivity contribution in [1.82, 2.24) is 19.4 Å². The molecule has 122 valence electrons. The number of para-hydroxylation sites is 2. The molecular weight excluding hydrogens is 292 g/mol. The van der Waals surface area contributed by atoms with Crippen molar-refractivity contribution in [1.29, 1.82) is 0 Å². The lowest BCUT2D eigenvalue weighted by Gasteiger charge is -2.34. The van der Waals surface area contributed by atoms with Crippen molar-refractivity contribution in [3.8, 4) is 0 Å². The average Bonchev–Trinajstić information content (AvgIpc) is 2.93. The number of hydrogen-bond donors (Lipinski definition) is 0. The van der Waals surface area contributed by atoms with Crippen molar-refractivity contribution in [2.24, 2.45) is 0 Å². The van der Waals surface area contributed by atoms with Crippen molar-refractivity contribution in [2.45, 2.75) is 26.8 Å². The van der Waals surface area contributed by atoms with E-state index in [1.165, 1.54) is 0 Å². The van der Waals surface area contributed by atoms with E-state index in [0.29, 0.717) is 32.7 Å². The maximum absolute atomic E-state index is 12.6. The molecule has 2 aromatic rings. The Balaban J connectivity index is 1.75. The van der Waals surface area contributed by atoms with E-state index in [4.69, 9.17) is 0 Å². The molecule has 0 aliphatic carbocycles. The summed E-state index contributed by atoms with van der Waals surface area (Å²) < 4.78 is 2.01. The van der Waals surface area contributed by atoms with Crippen molar-refractivity contribution >= 4 is 22.8 Å². The molecule has 2 heterocycles. The third kappa shape index (κ3) is 3.06. The second-order valence-electron chi connectivity index (χ2n) is 5.84. The maximum atomic E-state index is 12.6. The molecule has 23 heavy (non-hydrogen) atoms. The summed E-state index contributed by atoms with van der Waals surface area (Å²) in [6.45, 7) is 6.37. The number of rotatable bonds is 3. The van der Waals surface area contributed by atoms with Gasteiger partial charge in [-0.3, -0.25) is 9.59 Å². The van der Waals surface area contributed by atoms with Crippen LogP contribution in [0.5, 0.6) is 0 Å². The van der Waals surface area contributed by atoms with Crippen LogP contribution in [-0.4, -0.2) is 57.3 Å². The first kappa shape index (κ1) is 15.5. The zero-order chi connectivity index (χ0) is 16.4. The average molecular weight is 314 g/mol. The smallest absolute Gasteiger partial charge is 0.242 e. The fourth-order valence-electron chi connectivity index (χ4n) is 3.08. The Morgan fingerprint density at radius 2 is 1.74 bits per heavy atom. The molecule has 1 aliphatic heterocycles. The van der Waals surface area contributed by atoms with E-state index in [9.17, 15) is 9.59 Å². The number of fused-ring (bicyclic) bond motifs is 1. The monoisotopic (exact) mass is 314 g/mol. The largest absolute Gasteiger partial charge is 0.339 e. The van der Waals surface area contributed by atoms with Gasteiger partial charge >= 0.3 is 0 Å². The molecule has 0 saturated carbocycles. The van der Waals surface area contributed by atoms with Crippen molar-refractivity contribution in [2.75, 3.05) is 26.2 Å². The number of carbonyl (C=O) groups is 2. The first-order valence-corrected chi connectivity index (χ1v) is 8.07. The van der Waals surface area contributed by atoms with Crippen molar-refractivity contribution < 1.29 is 9.59 Å². The SMILES string of the molecule is CCc1nc2ccccc2n1CC(=O)N1CCN(C(C)=O)CC1. The standard InChI is InChI=1S/C17H22N4O2/c1-3-16-18-14-6-4-5-7-15(14)21(16)12-17(23)20-10-8-19(9-11-20)13(2)22/h4-7H,3,8-12H2,1-2H3. The van der Waals surface area contributed by atoms with Crippen LogP contribution < -0.4 is 0 Å². The van der Waals surface area contributed by atoms with Gasteiger partial charge in [0.2, 0.25) is 11.8 Å².